The van der Waals surface area contributed by atoms with Crippen LogP contribution in [0, 0.1) is 0 Å². The summed E-state index contributed by atoms with van der Waals surface area (Å²) in [7, 11) is 1.60. The van der Waals surface area contributed by atoms with E-state index in [1.165, 1.54) is 15.9 Å². The minimum Gasteiger partial charge on any atom is -0.497 e. The van der Waals surface area contributed by atoms with Gasteiger partial charge in [0.15, 0.2) is 10.3 Å². The molecule has 30 heavy (non-hydrogen) atoms. The Kier molecular flexibility index (Phi) is 7.11. The predicted molar refractivity (Wildman–Crippen MR) is 116 cm³/mol. The van der Waals surface area contributed by atoms with Gasteiger partial charge in [0.2, 0.25) is 11.9 Å². The molecule has 0 saturated heterocycles. The molecule has 0 fully saturated rings. The molecule has 0 aliphatic rings. The zero-order valence-electron chi connectivity index (χ0n) is 16.7. The monoisotopic (exact) mass is 450 g/mol. The fourth-order valence-corrected chi connectivity index (χ4v) is 4.45. The van der Waals surface area contributed by atoms with Gasteiger partial charge in [0.1, 0.15) is 11.8 Å². The highest BCUT2D eigenvalue weighted by Gasteiger charge is 2.26. The molecular weight excluding hydrogens is 428 g/mol. The van der Waals surface area contributed by atoms with Gasteiger partial charge in [-0.25, -0.2) is 4.98 Å². The van der Waals surface area contributed by atoms with Crippen molar-refractivity contribution in [2.75, 3.05) is 30.5 Å². The van der Waals surface area contributed by atoms with Crippen molar-refractivity contribution >= 4 is 56.3 Å². The summed E-state index contributed by atoms with van der Waals surface area (Å²) in [5, 5.41) is 11.5. The highest BCUT2D eigenvalue weighted by molar-refractivity contribution is 7.99. The second-order valence-electron chi connectivity index (χ2n) is 6.07. The Morgan fingerprint density at radius 1 is 1.33 bits per heavy atom. The number of nitrogen functional groups attached to an aromatic ring is 1. The molecule has 1 unspecified atom stereocenters. The Hall–Kier alpha value is -2.86. The first-order valence-corrected chi connectivity index (χ1v) is 11.0. The van der Waals surface area contributed by atoms with E-state index in [2.05, 4.69) is 20.5 Å². The minimum atomic E-state index is -0.661. The molecule has 2 aromatic heterocycles. The lowest BCUT2D eigenvalue weighted by atomic mass is 10.2. The molecule has 0 bridgehead atoms. The molecule has 3 rings (SSSR count). The van der Waals surface area contributed by atoms with E-state index < -0.39 is 6.04 Å². The standard InChI is InChI=1S/C18H22N6O4S2/c1-4-12(24-16(19)22-23-18(24)29-9-14(25)28-5-2)15(26)21-17-20-11-7-6-10(27-3)8-13(11)30-17/h6-8,12H,4-5,9H2,1-3H3,(H2,19,22)(H,20,21,26). The number of ether oxygens (including phenoxy) is 2. The van der Waals surface area contributed by atoms with E-state index in [9.17, 15) is 9.59 Å². The number of amides is 1. The first-order chi connectivity index (χ1) is 14.5. The molecule has 3 N–H and O–H groups in total. The van der Waals surface area contributed by atoms with Gasteiger partial charge in [-0.3, -0.25) is 14.2 Å². The van der Waals surface area contributed by atoms with E-state index in [1.807, 2.05) is 25.1 Å². The Balaban J connectivity index is 1.78. The topological polar surface area (TPSA) is 134 Å². The van der Waals surface area contributed by atoms with Crippen molar-refractivity contribution in [2.24, 2.45) is 0 Å². The quantitative estimate of drug-likeness (QED) is 0.373. The highest BCUT2D eigenvalue weighted by Crippen LogP contribution is 2.31. The maximum Gasteiger partial charge on any atom is 0.316 e. The van der Waals surface area contributed by atoms with Crippen molar-refractivity contribution in [3.8, 4) is 5.75 Å². The molecule has 10 nitrogen and oxygen atoms in total. The number of carbonyl (C=O) groups is 2. The smallest absolute Gasteiger partial charge is 0.316 e. The largest absolute Gasteiger partial charge is 0.497 e. The average molecular weight is 451 g/mol. The lowest BCUT2D eigenvalue weighted by Gasteiger charge is -2.18. The summed E-state index contributed by atoms with van der Waals surface area (Å²) < 4.78 is 12.6. The fourth-order valence-electron chi connectivity index (χ4n) is 2.77. The van der Waals surface area contributed by atoms with Gasteiger partial charge in [0.25, 0.3) is 0 Å². The number of nitrogens with two attached hydrogens (primary N) is 1. The van der Waals surface area contributed by atoms with Crippen molar-refractivity contribution in [3.05, 3.63) is 18.2 Å². The van der Waals surface area contributed by atoms with E-state index in [-0.39, 0.29) is 23.6 Å². The second-order valence-corrected chi connectivity index (χ2v) is 8.04. The van der Waals surface area contributed by atoms with Crippen LogP contribution in [0.1, 0.15) is 26.3 Å². The van der Waals surface area contributed by atoms with Crippen LogP contribution in [0.5, 0.6) is 5.75 Å². The third-order valence-corrected chi connectivity index (χ3v) is 5.99. The average Bonchev–Trinajstić information content (AvgIpc) is 3.29. The van der Waals surface area contributed by atoms with Gasteiger partial charge in [-0.05, 0) is 31.5 Å². The van der Waals surface area contributed by atoms with Crippen molar-refractivity contribution in [1.82, 2.24) is 19.7 Å². The van der Waals surface area contributed by atoms with Gasteiger partial charge in [-0.2, -0.15) is 0 Å². The Morgan fingerprint density at radius 3 is 2.83 bits per heavy atom. The summed E-state index contributed by atoms with van der Waals surface area (Å²) in [6.07, 6.45) is 0.444. The van der Waals surface area contributed by atoms with Crippen LogP contribution in [0.15, 0.2) is 23.4 Å². The van der Waals surface area contributed by atoms with Crippen LogP contribution in [0.2, 0.25) is 0 Å². The Bertz CT molecular complexity index is 1050. The second kappa shape index (κ2) is 9.76. The number of hydrogen-bond acceptors (Lipinski definition) is 10. The number of nitrogens with one attached hydrogen (secondary N) is 1. The number of thioether (sulfide) groups is 1. The molecule has 12 heteroatoms. The first kappa shape index (κ1) is 21.8. The molecule has 0 spiro atoms. The van der Waals surface area contributed by atoms with Gasteiger partial charge in [-0.15, -0.1) is 10.2 Å². The summed E-state index contributed by atoms with van der Waals surface area (Å²) in [5.41, 5.74) is 6.72. The van der Waals surface area contributed by atoms with Crippen LogP contribution in [-0.4, -0.2) is 51.1 Å². The van der Waals surface area contributed by atoms with Crippen molar-refractivity contribution in [1.29, 1.82) is 0 Å². The zero-order valence-corrected chi connectivity index (χ0v) is 18.4. The molecule has 1 atom stereocenters. The van der Waals surface area contributed by atoms with Crippen LogP contribution in [0.3, 0.4) is 0 Å². The predicted octanol–water partition coefficient (Wildman–Crippen LogP) is 2.72. The van der Waals surface area contributed by atoms with E-state index in [0.717, 1.165) is 27.7 Å². The molecule has 1 amide bonds. The maximum absolute atomic E-state index is 13.0. The summed E-state index contributed by atoms with van der Waals surface area (Å²) in [4.78, 5) is 29.1. The van der Waals surface area contributed by atoms with Gasteiger partial charge in [0.05, 0.1) is 29.7 Å². The number of fused-ring (bicyclic) bond motifs is 1. The van der Waals surface area contributed by atoms with Crippen LogP contribution in [0.4, 0.5) is 11.1 Å². The van der Waals surface area contributed by atoms with E-state index in [0.29, 0.717) is 23.3 Å². The number of hydrogen-bond donors (Lipinski definition) is 2. The number of benzene rings is 1. The molecule has 0 aliphatic heterocycles. The number of methoxy groups -OCH3 is 1. The van der Waals surface area contributed by atoms with Crippen LogP contribution in [0.25, 0.3) is 10.2 Å². The number of nitrogens with zero attached hydrogens (tertiary/aromatic N) is 4. The van der Waals surface area contributed by atoms with Crippen molar-refractivity contribution < 1.29 is 19.1 Å². The summed E-state index contributed by atoms with van der Waals surface area (Å²) in [5.74, 6) is 0.184. The number of esters is 1. The SMILES string of the molecule is CCOC(=O)CSc1nnc(N)n1C(CC)C(=O)Nc1nc2ccc(OC)cc2s1. The number of carbonyl (C=O) groups excluding carboxylic acids is 2. The lowest BCUT2D eigenvalue weighted by Crippen LogP contribution is -2.27. The highest BCUT2D eigenvalue weighted by atomic mass is 32.2. The third kappa shape index (κ3) is 4.82. The molecule has 2 heterocycles. The third-order valence-electron chi connectivity index (χ3n) is 4.14. The van der Waals surface area contributed by atoms with Gasteiger partial charge < -0.3 is 20.5 Å². The lowest BCUT2D eigenvalue weighted by molar-refractivity contribution is -0.139. The normalized spacial score (nSPS) is 12.0. The van der Waals surface area contributed by atoms with Gasteiger partial charge in [0, 0.05) is 0 Å². The van der Waals surface area contributed by atoms with Crippen molar-refractivity contribution in [3.63, 3.8) is 0 Å². The summed E-state index contributed by atoms with van der Waals surface area (Å²) >= 11 is 2.47. The number of anilines is 2. The molecule has 0 saturated carbocycles. The van der Waals surface area contributed by atoms with Crippen LogP contribution in [-0.2, 0) is 14.3 Å². The zero-order chi connectivity index (χ0) is 21.7. The summed E-state index contributed by atoms with van der Waals surface area (Å²) in [6, 6.07) is 4.85. The maximum atomic E-state index is 13.0. The number of rotatable bonds is 9. The van der Waals surface area contributed by atoms with Gasteiger partial charge in [-0.1, -0.05) is 30.0 Å². The summed E-state index contributed by atoms with van der Waals surface area (Å²) in [6.45, 7) is 3.88. The molecule has 1 aromatic carbocycles. The first-order valence-electron chi connectivity index (χ1n) is 9.21. The Morgan fingerprint density at radius 2 is 2.13 bits per heavy atom. The van der Waals surface area contributed by atoms with Crippen LogP contribution < -0.4 is 15.8 Å². The molecule has 3 aromatic rings. The van der Waals surface area contributed by atoms with Crippen LogP contribution >= 0.6 is 23.1 Å². The number of thiazole rings is 1. The minimum absolute atomic E-state index is 0.0454. The molecular formula is C18H22N6O4S2. The van der Waals surface area contributed by atoms with E-state index in [1.54, 1.807) is 14.0 Å². The Labute approximate surface area is 181 Å². The number of aromatic nitrogens is 4. The van der Waals surface area contributed by atoms with E-state index in [4.69, 9.17) is 15.2 Å². The van der Waals surface area contributed by atoms with Crippen molar-refractivity contribution in [2.45, 2.75) is 31.5 Å². The molecule has 0 aliphatic carbocycles. The van der Waals surface area contributed by atoms with Gasteiger partial charge >= 0.3 is 5.97 Å². The fraction of sp³-hybridized carbons (Fsp3) is 0.389. The molecule has 160 valence electrons. The van der Waals surface area contributed by atoms with E-state index >= 15 is 0 Å². The molecule has 0 radical (unpaired) electrons.